The Morgan fingerprint density at radius 1 is 1.07 bits per heavy atom. The first kappa shape index (κ1) is 20.4. The second kappa shape index (κ2) is 8.90. The fraction of sp³-hybridized carbons (Fsp3) is 0.174. The van der Waals surface area contributed by atoms with Gasteiger partial charge in [0.2, 0.25) is 5.91 Å². The van der Waals surface area contributed by atoms with E-state index in [0.29, 0.717) is 16.6 Å². The normalized spacial score (nSPS) is 11.0. The minimum absolute atomic E-state index is 0.107. The van der Waals surface area contributed by atoms with Gasteiger partial charge >= 0.3 is 0 Å². The van der Waals surface area contributed by atoms with Crippen LogP contribution in [0.3, 0.4) is 0 Å². The van der Waals surface area contributed by atoms with Crippen LogP contribution in [-0.4, -0.2) is 26.4 Å². The molecule has 0 unspecified atom stereocenters. The van der Waals surface area contributed by atoms with E-state index < -0.39 is 0 Å². The lowest BCUT2D eigenvalue weighted by Crippen LogP contribution is -2.15. The predicted octanol–water partition coefficient (Wildman–Crippen LogP) is 5.25. The lowest BCUT2D eigenvalue weighted by atomic mass is 10.0. The molecule has 0 saturated heterocycles. The Bertz CT molecular complexity index is 1220. The number of nitrogens with zero attached hydrogens (tertiary/aromatic N) is 3. The third-order valence-electron chi connectivity index (χ3n) is 5.03. The van der Waals surface area contributed by atoms with E-state index in [1.165, 1.54) is 28.1 Å². The summed E-state index contributed by atoms with van der Waals surface area (Å²) >= 11 is 7.48. The van der Waals surface area contributed by atoms with Gasteiger partial charge in [-0.2, -0.15) is 0 Å². The number of hydrogen-bond acceptors (Lipinski definition) is 4. The number of halogens is 1. The first-order chi connectivity index (χ1) is 14.5. The smallest absolute Gasteiger partial charge is 0.234 e. The molecule has 3 aromatic carbocycles. The van der Waals surface area contributed by atoms with Gasteiger partial charge in [-0.05, 0) is 41.0 Å². The highest BCUT2D eigenvalue weighted by Crippen LogP contribution is 2.25. The first-order valence-corrected chi connectivity index (χ1v) is 10.9. The maximum absolute atomic E-state index is 12.4. The first-order valence-electron chi connectivity index (χ1n) is 9.55. The SMILES string of the molecule is Cc1c(Cl)cccc1NC(=O)CSc1nnc(Cc2cccc3ccccc23)n1C. The number of anilines is 1. The van der Waals surface area contributed by atoms with Crippen molar-refractivity contribution in [3.8, 4) is 0 Å². The Morgan fingerprint density at radius 2 is 1.83 bits per heavy atom. The second-order valence-electron chi connectivity index (χ2n) is 7.02. The van der Waals surface area contributed by atoms with Crippen molar-refractivity contribution < 1.29 is 4.79 Å². The van der Waals surface area contributed by atoms with Crippen LogP contribution in [-0.2, 0) is 18.3 Å². The van der Waals surface area contributed by atoms with Crippen LogP contribution in [0.2, 0.25) is 5.02 Å². The number of hydrogen-bond donors (Lipinski definition) is 1. The summed E-state index contributed by atoms with van der Waals surface area (Å²) in [5, 5.41) is 15.3. The molecular formula is C23H21ClN4OS. The molecule has 0 bridgehead atoms. The van der Waals surface area contributed by atoms with Gasteiger partial charge in [-0.1, -0.05) is 71.9 Å². The molecule has 1 amide bonds. The van der Waals surface area contributed by atoms with Crippen LogP contribution in [0.5, 0.6) is 0 Å². The molecule has 4 aromatic rings. The number of thioether (sulfide) groups is 1. The van der Waals surface area contributed by atoms with Crippen LogP contribution >= 0.6 is 23.4 Å². The molecular weight excluding hydrogens is 416 g/mol. The number of carbonyl (C=O) groups is 1. The van der Waals surface area contributed by atoms with Gasteiger partial charge in [-0.3, -0.25) is 4.79 Å². The van der Waals surface area contributed by atoms with Gasteiger partial charge in [-0.15, -0.1) is 10.2 Å². The summed E-state index contributed by atoms with van der Waals surface area (Å²) in [5.74, 6) is 0.996. The summed E-state index contributed by atoms with van der Waals surface area (Å²) < 4.78 is 1.95. The second-order valence-corrected chi connectivity index (χ2v) is 8.37. The third kappa shape index (κ3) is 4.35. The van der Waals surface area contributed by atoms with E-state index in [4.69, 9.17) is 11.6 Å². The summed E-state index contributed by atoms with van der Waals surface area (Å²) in [6.45, 7) is 1.88. The Labute approximate surface area is 184 Å². The Balaban J connectivity index is 1.43. The van der Waals surface area contributed by atoms with E-state index in [9.17, 15) is 4.79 Å². The summed E-state index contributed by atoms with van der Waals surface area (Å²) in [6.07, 6.45) is 0.680. The van der Waals surface area contributed by atoms with Gasteiger partial charge in [0.15, 0.2) is 5.16 Å². The zero-order chi connectivity index (χ0) is 21.1. The fourth-order valence-electron chi connectivity index (χ4n) is 3.30. The predicted molar refractivity (Wildman–Crippen MR) is 123 cm³/mol. The zero-order valence-corrected chi connectivity index (χ0v) is 18.3. The number of benzene rings is 3. The molecule has 0 radical (unpaired) electrons. The highest BCUT2D eigenvalue weighted by Gasteiger charge is 2.14. The van der Waals surface area contributed by atoms with Crippen LogP contribution in [0.1, 0.15) is 17.0 Å². The van der Waals surface area contributed by atoms with Crippen LogP contribution in [0.15, 0.2) is 65.8 Å². The van der Waals surface area contributed by atoms with Crippen LogP contribution in [0, 0.1) is 6.92 Å². The van der Waals surface area contributed by atoms with Gasteiger partial charge in [0.1, 0.15) is 5.82 Å². The van der Waals surface area contributed by atoms with Crippen molar-refractivity contribution in [1.29, 1.82) is 0 Å². The van der Waals surface area contributed by atoms with Crippen molar-refractivity contribution >= 4 is 45.7 Å². The molecule has 0 saturated carbocycles. The molecule has 0 aliphatic carbocycles. The summed E-state index contributed by atoms with van der Waals surface area (Å²) in [6, 6.07) is 20.1. The number of nitrogens with one attached hydrogen (secondary N) is 1. The van der Waals surface area contributed by atoms with E-state index in [1.807, 2.05) is 42.8 Å². The van der Waals surface area contributed by atoms with Crippen molar-refractivity contribution in [2.75, 3.05) is 11.1 Å². The minimum atomic E-state index is -0.107. The molecule has 4 rings (SSSR count). The number of carbonyl (C=O) groups excluding carboxylic acids is 1. The van der Waals surface area contributed by atoms with Gasteiger partial charge < -0.3 is 9.88 Å². The van der Waals surface area contributed by atoms with Gasteiger partial charge in [-0.25, -0.2) is 0 Å². The van der Waals surface area contributed by atoms with E-state index in [-0.39, 0.29) is 11.7 Å². The number of aromatic nitrogens is 3. The van der Waals surface area contributed by atoms with Crippen LogP contribution in [0.25, 0.3) is 10.8 Å². The molecule has 1 heterocycles. The molecule has 0 aliphatic rings. The standard InChI is InChI=1S/C23H21ClN4OS/c1-15-19(24)11-6-12-20(15)25-22(29)14-30-23-27-26-21(28(23)2)13-17-9-5-8-16-7-3-4-10-18(16)17/h3-12H,13-14H2,1-2H3,(H,25,29). The van der Waals surface area contributed by atoms with Crippen molar-refractivity contribution in [2.24, 2.45) is 7.05 Å². The molecule has 1 N–H and O–H groups in total. The summed E-state index contributed by atoms with van der Waals surface area (Å²) in [7, 11) is 1.93. The zero-order valence-electron chi connectivity index (χ0n) is 16.7. The molecule has 0 fully saturated rings. The van der Waals surface area contributed by atoms with Crippen molar-refractivity contribution in [2.45, 2.75) is 18.5 Å². The summed E-state index contributed by atoms with van der Waals surface area (Å²) in [4.78, 5) is 12.4. The maximum Gasteiger partial charge on any atom is 0.234 e. The largest absolute Gasteiger partial charge is 0.325 e. The van der Waals surface area contributed by atoms with Gasteiger partial charge in [0.05, 0.1) is 5.75 Å². The van der Waals surface area contributed by atoms with E-state index in [0.717, 1.165) is 17.1 Å². The Kier molecular flexibility index (Phi) is 6.06. The van der Waals surface area contributed by atoms with E-state index in [1.54, 1.807) is 6.07 Å². The van der Waals surface area contributed by atoms with Crippen molar-refractivity contribution in [3.05, 3.63) is 82.6 Å². The lowest BCUT2D eigenvalue weighted by Gasteiger charge is -2.09. The monoisotopic (exact) mass is 436 g/mol. The molecule has 0 atom stereocenters. The topological polar surface area (TPSA) is 59.8 Å². The summed E-state index contributed by atoms with van der Waals surface area (Å²) in [5.41, 5.74) is 2.78. The highest BCUT2D eigenvalue weighted by atomic mass is 35.5. The molecule has 0 aliphatic heterocycles. The molecule has 152 valence electrons. The lowest BCUT2D eigenvalue weighted by molar-refractivity contribution is -0.113. The third-order valence-corrected chi connectivity index (χ3v) is 6.46. The molecule has 1 aromatic heterocycles. The number of rotatable bonds is 6. The average molecular weight is 437 g/mol. The van der Waals surface area contributed by atoms with Crippen LogP contribution in [0.4, 0.5) is 5.69 Å². The number of fused-ring (bicyclic) bond motifs is 1. The van der Waals surface area contributed by atoms with Crippen molar-refractivity contribution in [3.63, 3.8) is 0 Å². The van der Waals surface area contributed by atoms with E-state index >= 15 is 0 Å². The Hall–Kier alpha value is -2.83. The number of amides is 1. The van der Waals surface area contributed by atoms with Gasteiger partial charge in [0.25, 0.3) is 0 Å². The minimum Gasteiger partial charge on any atom is -0.325 e. The molecule has 30 heavy (non-hydrogen) atoms. The Morgan fingerprint density at radius 3 is 2.70 bits per heavy atom. The molecule has 0 spiro atoms. The molecule has 7 heteroatoms. The molecule has 5 nitrogen and oxygen atoms in total. The van der Waals surface area contributed by atoms with E-state index in [2.05, 4.69) is 45.8 Å². The fourth-order valence-corrected chi connectivity index (χ4v) is 4.21. The highest BCUT2D eigenvalue weighted by molar-refractivity contribution is 7.99. The van der Waals surface area contributed by atoms with Crippen molar-refractivity contribution in [1.82, 2.24) is 14.8 Å². The quantitative estimate of drug-likeness (QED) is 0.419. The van der Waals surface area contributed by atoms with Gasteiger partial charge in [0, 0.05) is 24.2 Å². The maximum atomic E-state index is 12.4. The average Bonchev–Trinajstić information content (AvgIpc) is 3.09. The van der Waals surface area contributed by atoms with Crippen LogP contribution < -0.4 is 5.32 Å².